The van der Waals surface area contributed by atoms with Crippen molar-refractivity contribution in [2.75, 3.05) is 5.32 Å². The van der Waals surface area contributed by atoms with E-state index in [1.165, 1.54) is 29.5 Å². The summed E-state index contributed by atoms with van der Waals surface area (Å²) in [6.07, 6.45) is 0. The molecule has 0 bridgehead atoms. The Kier molecular flexibility index (Phi) is 3.34. The molecule has 2 rings (SSSR count). The molecule has 0 aliphatic rings. The van der Waals surface area contributed by atoms with Gasteiger partial charge in [0.2, 0.25) is 0 Å². The molecule has 0 saturated heterocycles. The lowest BCUT2D eigenvalue weighted by Crippen LogP contribution is -2.04. The first-order valence-corrected chi connectivity index (χ1v) is 5.80. The minimum atomic E-state index is -0.616. The van der Waals surface area contributed by atoms with Crippen LogP contribution in [0.3, 0.4) is 0 Å². The predicted octanol–water partition coefficient (Wildman–Crippen LogP) is 3.41. The van der Waals surface area contributed by atoms with Crippen LogP contribution in [0.25, 0.3) is 0 Å². The number of nitro benzene ring substituents is 1. The van der Waals surface area contributed by atoms with Crippen LogP contribution in [0.15, 0.2) is 35.0 Å². The first kappa shape index (κ1) is 11.5. The van der Waals surface area contributed by atoms with Crippen LogP contribution in [0.1, 0.15) is 5.56 Å². The van der Waals surface area contributed by atoms with E-state index in [0.29, 0.717) is 6.54 Å². The summed E-state index contributed by atoms with van der Waals surface area (Å²) < 4.78 is 13.5. The molecular weight excluding hydrogens is 243 g/mol. The van der Waals surface area contributed by atoms with Crippen LogP contribution in [-0.2, 0) is 6.54 Å². The number of nitrogens with zero attached hydrogens (tertiary/aromatic N) is 1. The highest BCUT2D eigenvalue weighted by atomic mass is 32.1. The fourth-order valence-corrected chi connectivity index (χ4v) is 2.09. The zero-order chi connectivity index (χ0) is 12.3. The summed E-state index contributed by atoms with van der Waals surface area (Å²) in [5, 5.41) is 17.3. The molecule has 0 spiro atoms. The third kappa shape index (κ3) is 2.59. The molecule has 0 unspecified atom stereocenters. The fourth-order valence-electron chi connectivity index (χ4n) is 1.42. The van der Waals surface area contributed by atoms with Crippen molar-refractivity contribution in [3.8, 4) is 0 Å². The van der Waals surface area contributed by atoms with Crippen molar-refractivity contribution in [2.24, 2.45) is 0 Å². The third-order valence-corrected chi connectivity index (χ3v) is 2.97. The molecule has 0 saturated carbocycles. The Labute approximate surface area is 101 Å². The predicted molar refractivity (Wildman–Crippen MR) is 64.7 cm³/mol. The van der Waals surface area contributed by atoms with Gasteiger partial charge in [0.1, 0.15) is 5.69 Å². The Hall–Kier alpha value is -1.95. The number of halogens is 1. The van der Waals surface area contributed by atoms with E-state index in [4.69, 9.17) is 0 Å². The summed E-state index contributed by atoms with van der Waals surface area (Å²) in [4.78, 5) is 10.1. The summed E-state index contributed by atoms with van der Waals surface area (Å²) in [5.74, 6) is -0.616. The Balaban J connectivity index is 2.22. The van der Waals surface area contributed by atoms with E-state index >= 15 is 0 Å². The molecule has 1 aromatic carbocycles. The van der Waals surface area contributed by atoms with Crippen LogP contribution in [0, 0.1) is 15.9 Å². The number of nitro groups is 1. The number of anilines is 1. The summed E-state index contributed by atoms with van der Waals surface area (Å²) >= 11 is 1.52. The van der Waals surface area contributed by atoms with Gasteiger partial charge in [-0.2, -0.15) is 11.3 Å². The minimum Gasteiger partial charge on any atom is -0.373 e. The van der Waals surface area contributed by atoms with Crippen molar-refractivity contribution in [3.63, 3.8) is 0 Å². The SMILES string of the molecule is O=[N+]([O-])c1cccc(F)c1NCc1ccsc1. The normalized spacial score (nSPS) is 10.2. The van der Waals surface area contributed by atoms with Crippen molar-refractivity contribution in [1.29, 1.82) is 0 Å². The molecular formula is C11H9FN2O2S. The highest BCUT2D eigenvalue weighted by molar-refractivity contribution is 7.07. The Morgan fingerprint density at radius 2 is 2.24 bits per heavy atom. The largest absolute Gasteiger partial charge is 0.373 e. The molecule has 0 atom stereocenters. The lowest BCUT2D eigenvalue weighted by Gasteiger charge is -2.06. The fraction of sp³-hybridized carbons (Fsp3) is 0.0909. The molecule has 4 nitrogen and oxygen atoms in total. The molecule has 1 heterocycles. The second-order valence-corrected chi connectivity index (χ2v) is 4.16. The average Bonchev–Trinajstić information content (AvgIpc) is 2.80. The molecule has 6 heteroatoms. The van der Waals surface area contributed by atoms with E-state index in [0.717, 1.165) is 5.56 Å². The molecule has 0 amide bonds. The van der Waals surface area contributed by atoms with Crippen molar-refractivity contribution >= 4 is 22.7 Å². The number of hydrogen-bond acceptors (Lipinski definition) is 4. The number of nitrogens with one attached hydrogen (secondary N) is 1. The Morgan fingerprint density at radius 3 is 2.88 bits per heavy atom. The van der Waals surface area contributed by atoms with Gasteiger partial charge in [-0.15, -0.1) is 0 Å². The minimum absolute atomic E-state index is 0.0660. The number of benzene rings is 1. The summed E-state index contributed by atoms with van der Waals surface area (Å²) in [6, 6.07) is 5.68. The van der Waals surface area contributed by atoms with Crippen molar-refractivity contribution in [3.05, 3.63) is 56.5 Å². The lowest BCUT2D eigenvalue weighted by atomic mass is 10.2. The quantitative estimate of drug-likeness (QED) is 0.670. The zero-order valence-corrected chi connectivity index (χ0v) is 9.54. The van der Waals surface area contributed by atoms with Crippen molar-refractivity contribution in [1.82, 2.24) is 0 Å². The van der Waals surface area contributed by atoms with E-state index in [-0.39, 0.29) is 11.4 Å². The summed E-state index contributed by atoms with van der Waals surface area (Å²) in [5.41, 5.74) is 0.650. The van der Waals surface area contributed by atoms with Gasteiger partial charge >= 0.3 is 0 Å². The van der Waals surface area contributed by atoms with Crippen molar-refractivity contribution < 1.29 is 9.31 Å². The van der Waals surface area contributed by atoms with Crippen LogP contribution in [0.5, 0.6) is 0 Å². The van der Waals surface area contributed by atoms with E-state index in [1.54, 1.807) is 0 Å². The first-order valence-electron chi connectivity index (χ1n) is 4.86. The molecule has 0 fully saturated rings. The van der Waals surface area contributed by atoms with E-state index in [2.05, 4.69) is 5.32 Å². The molecule has 0 radical (unpaired) electrons. The van der Waals surface area contributed by atoms with Gasteiger partial charge < -0.3 is 5.32 Å². The van der Waals surface area contributed by atoms with Gasteiger partial charge in [-0.25, -0.2) is 4.39 Å². The number of thiophene rings is 1. The number of rotatable bonds is 4. The molecule has 1 N–H and O–H groups in total. The number of hydrogen-bond donors (Lipinski definition) is 1. The molecule has 17 heavy (non-hydrogen) atoms. The Bertz CT molecular complexity index is 528. The summed E-state index contributed by atoms with van der Waals surface area (Å²) in [7, 11) is 0. The molecule has 88 valence electrons. The molecule has 0 aliphatic heterocycles. The van der Waals surface area contributed by atoms with Gasteiger partial charge in [-0.05, 0) is 28.5 Å². The van der Waals surface area contributed by atoms with Gasteiger partial charge in [0.25, 0.3) is 5.69 Å². The van der Waals surface area contributed by atoms with E-state index in [9.17, 15) is 14.5 Å². The van der Waals surface area contributed by atoms with Crippen LogP contribution >= 0.6 is 11.3 Å². The standard InChI is InChI=1S/C11H9FN2O2S/c12-9-2-1-3-10(14(15)16)11(9)13-6-8-4-5-17-7-8/h1-5,7,13H,6H2. The van der Waals surface area contributed by atoms with Crippen LogP contribution < -0.4 is 5.32 Å². The molecule has 1 aromatic heterocycles. The first-order chi connectivity index (χ1) is 8.18. The lowest BCUT2D eigenvalue weighted by molar-refractivity contribution is -0.384. The topological polar surface area (TPSA) is 55.2 Å². The van der Waals surface area contributed by atoms with Gasteiger partial charge in [-0.3, -0.25) is 10.1 Å². The monoisotopic (exact) mass is 252 g/mol. The van der Waals surface area contributed by atoms with Gasteiger partial charge in [-0.1, -0.05) is 6.07 Å². The van der Waals surface area contributed by atoms with Crippen LogP contribution in [0.2, 0.25) is 0 Å². The van der Waals surface area contributed by atoms with Crippen LogP contribution in [-0.4, -0.2) is 4.92 Å². The molecule has 0 aliphatic carbocycles. The van der Waals surface area contributed by atoms with Crippen molar-refractivity contribution in [2.45, 2.75) is 6.54 Å². The highest BCUT2D eigenvalue weighted by Gasteiger charge is 2.17. The summed E-state index contributed by atoms with van der Waals surface area (Å²) in [6.45, 7) is 0.366. The third-order valence-electron chi connectivity index (χ3n) is 2.24. The zero-order valence-electron chi connectivity index (χ0n) is 8.72. The van der Waals surface area contributed by atoms with Gasteiger partial charge in [0.05, 0.1) is 4.92 Å². The Morgan fingerprint density at radius 1 is 1.41 bits per heavy atom. The second-order valence-electron chi connectivity index (χ2n) is 3.38. The van der Waals surface area contributed by atoms with Crippen LogP contribution in [0.4, 0.5) is 15.8 Å². The highest BCUT2D eigenvalue weighted by Crippen LogP contribution is 2.27. The second kappa shape index (κ2) is 4.92. The van der Waals surface area contributed by atoms with E-state index < -0.39 is 10.7 Å². The maximum atomic E-state index is 13.5. The number of para-hydroxylation sites is 1. The maximum absolute atomic E-state index is 13.5. The average molecular weight is 252 g/mol. The molecule has 2 aromatic rings. The van der Waals surface area contributed by atoms with Gasteiger partial charge in [0, 0.05) is 12.6 Å². The van der Waals surface area contributed by atoms with Gasteiger partial charge in [0.15, 0.2) is 5.82 Å². The van der Waals surface area contributed by atoms with E-state index in [1.807, 2.05) is 16.8 Å². The maximum Gasteiger partial charge on any atom is 0.295 e. The smallest absolute Gasteiger partial charge is 0.295 e.